The Hall–Kier alpha value is -3.06. The van der Waals surface area contributed by atoms with Gasteiger partial charge in [-0.2, -0.15) is 26.3 Å². The molecule has 0 aliphatic carbocycles. The van der Waals surface area contributed by atoms with E-state index in [1.807, 2.05) is 0 Å². The second kappa shape index (κ2) is 11.0. The van der Waals surface area contributed by atoms with Crippen molar-refractivity contribution in [1.29, 1.82) is 0 Å². The molecule has 1 atom stereocenters. The van der Waals surface area contributed by atoms with Crippen molar-refractivity contribution in [3.63, 3.8) is 0 Å². The molecule has 0 fully saturated rings. The number of alkyl halides is 6. The lowest BCUT2D eigenvalue weighted by atomic mass is 10.1. The number of fused-ring (bicyclic) bond motifs is 1. The number of halogens is 6. The topological polar surface area (TPSA) is 74.2 Å². The molecule has 1 aliphatic heterocycles. The molecule has 0 bridgehead atoms. The van der Waals surface area contributed by atoms with Crippen LogP contribution in [0.5, 0.6) is 0 Å². The van der Waals surface area contributed by atoms with E-state index >= 15 is 0 Å². The summed E-state index contributed by atoms with van der Waals surface area (Å²) in [6.07, 6.45) is -7.78. The number of benzene rings is 1. The molecule has 3 aromatic rings. The molecular formula is C25H25F6N5OS. The average Bonchev–Trinajstić information content (AvgIpc) is 3.05. The Morgan fingerprint density at radius 1 is 1.05 bits per heavy atom. The summed E-state index contributed by atoms with van der Waals surface area (Å²) in [5.74, 6) is 0.509. The molecule has 6 nitrogen and oxygen atoms in total. The smallest absolute Gasteiger partial charge is 0.393 e. The molecule has 0 radical (unpaired) electrons. The van der Waals surface area contributed by atoms with Gasteiger partial charge in [-0.15, -0.1) is 0 Å². The number of thioether (sulfide) groups is 1. The molecule has 1 aromatic carbocycles. The predicted molar refractivity (Wildman–Crippen MR) is 133 cm³/mol. The van der Waals surface area contributed by atoms with E-state index in [-0.39, 0.29) is 25.3 Å². The molecule has 1 unspecified atom stereocenters. The Balaban J connectivity index is 1.69. The van der Waals surface area contributed by atoms with Gasteiger partial charge in [-0.25, -0.2) is 15.0 Å². The largest absolute Gasteiger partial charge is 0.419 e. The van der Waals surface area contributed by atoms with Crippen molar-refractivity contribution < 1.29 is 31.4 Å². The van der Waals surface area contributed by atoms with Gasteiger partial charge in [-0.1, -0.05) is 11.8 Å². The molecule has 38 heavy (non-hydrogen) atoms. The molecule has 3 heterocycles. The SMILES string of the molecule is Cc1cc(C(F)(F)F)ccc1Nc1nc(SCC(C)O)nc2c1CCN(c1ncccc1C(F)(F)F)CC2. The maximum atomic E-state index is 13.6. The summed E-state index contributed by atoms with van der Waals surface area (Å²) in [6.45, 7) is 3.59. The van der Waals surface area contributed by atoms with Crippen LogP contribution >= 0.6 is 11.8 Å². The number of aliphatic hydroxyl groups excluding tert-OH is 1. The van der Waals surface area contributed by atoms with E-state index in [4.69, 9.17) is 0 Å². The first-order valence-corrected chi connectivity index (χ1v) is 12.7. The molecule has 0 amide bonds. The Labute approximate surface area is 219 Å². The van der Waals surface area contributed by atoms with Crippen LogP contribution in [0.1, 0.15) is 34.9 Å². The Bertz CT molecular complexity index is 1300. The molecule has 2 aromatic heterocycles. The number of anilines is 3. The normalized spacial score (nSPS) is 15.1. The van der Waals surface area contributed by atoms with E-state index in [0.29, 0.717) is 45.7 Å². The van der Waals surface area contributed by atoms with E-state index in [1.165, 1.54) is 30.1 Å². The second-order valence-electron chi connectivity index (χ2n) is 8.95. The molecule has 0 spiro atoms. The minimum Gasteiger partial charge on any atom is -0.393 e. The summed E-state index contributed by atoms with van der Waals surface area (Å²) < 4.78 is 80.3. The van der Waals surface area contributed by atoms with Crippen molar-refractivity contribution in [2.24, 2.45) is 0 Å². The summed E-state index contributed by atoms with van der Waals surface area (Å²) in [5, 5.41) is 13.2. The number of hydrogen-bond donors (Lipinski definition) is 2. The quantitative estimate of drug-likeness (QED) is 0.218. The Morgan fingerprint density at radius 3 is 2.45 bits per heavy atom. The lowest BCUT2D eigenvalue weighted by Gasteiger charge is -2.24. The van der Waals surface area contributed by atoms with Crippen LogP contribution in [0.3, 0.4) is 0 Å². The van der Waals surface area contributed by atoms with E-state index in [9.17, 15) is 31.4 Å². The first-order valence-electron chi connectivity index (χ1n) is 11.8. The van der Waals surface area contributed by atoms with Gasteiger partial charge < -0.3 is 15.3 Å². The van der Waals surface area contributed by atoms with Gasteiger partial charge in [-0.3, -0.25) is 0 Å². The van der Waals surface area contributed by atoms with E-state index in [0.717, 1.165) is 18.2 Å². The number of aliphatic hydroxyl groups is 1. The lowest BCUT2D eigenvalue weighted by Crippen LogP contribution is -2.29. The first kappa shape index (κ1) is 28.0. The summed E-state index contributed by atoms with van der Waals surface area (Å²) in [6, 6.07) is 5.56. The number of nitrogens with zero attached hydrogens (tertiary/aromatic N) is 4. The van der Waals surface area contributed by atoms with Crippen LogP contribution in [0.2, 0.25) is 0 Å². The van der Waals surface area contributed by atoms with Crippen LogP contribution in [-0.2, 0) is 25.2 Å². The van der Waals surface area contributed by atoms with Crippen LogP contribution in [0.15, 0.2) is 41.7 Å². The van der Waals surface area contributed by atoms with Crippen molar-refractivity contribution in [3.05, 3.63) is 64.5 Å². The summed E-state index contributed by atoms with van der Waals surface area (Å²) >= 11 is 1.21. The zero-order valence-electron chi connectivity index (χ0n) is 20.5. The third-order valence-corrected chi connectivity index (χ3v) is 7.06. The Morgan fingerprint density at radius 2 is 1.79 bits per heavy atom. The third kappa shape index (κ3) is 6.49. The fourth-order valence-electron chi connectivity index (χ4n) is 4.13. The van der Waals surface area contributed by atoms with Crippen molar-refractivity contribution in [1.82, 2.24) is 15.0 Å². The van der Waals surface area contributed by atoms with Crippen LogP contribution in [-0.4, -0.2) is 45.0 Å². The summed E-state index contributed by atoms with van der Waals surface area (Å²) in [7, 11) is 0. The van der Waals surface area contributed by atoms with Gasteiger partial charge in [-0.05, 0) is 56.2 Å². The van der Waals surface area contributed by atoms with Crippen LogP contribution in [0, 0.1) is 6.92 Å². The van der Waals surface area contributed by atoms with Gasteiger partial charge >= 0.3 is 12.4 Å². The number of nitrogens with one attached hydrogen (secondary N) is 1. The Kier molecular flexibility index (Phi) is 8.07. The van der Waals surface area contributed by atoms with Gasteiger partial charge in [0.2, 0.25) is 0 Å². The van der Waals surface area contributed by atoms with Gasteiger partial charge in [0.05, 0.1) is 22.9 Å². The van der Waals surface area contributed by atoms with Gasteiger partial charge in [0.25, 0.3) is 0 Å². The molecule has 2 N–H and O–H groups in total. The first-order chi connectivity index (χ1) is 17.8. The minimum absolute atomic E-state index is 0.169. The average molecular weight is 558 g/mol. The zero-order valence-corrected chi connectivity index (χ0v) is 21.3. The van der Waals surface area contributed by atoms with E-state index in [1.54, 1.807) is 18.7 Å². The molecule has 1 aliphatic rings. The number of pyridine rings is 1. The summed E-state index contributed by atoms with van der Waals surface area (Å²) in [4.78, 5) is 14.7. The maximum Gasteiger partial charge on any atom is 0.419 e. The predicted octanol–water partition coefficient (Wildman–Crippen LogP) is 6.04. The standard InChI is InChI=1S/C25H25F6N5OS/c1-14-12-16(24(26,27)28)5-6-19(14)33-21-17-7-10-36(22-18(25(29,30)31)4-3-9-32-22)11-8-20(17)34-23(35-21)38-13-15(2)37/h3-6,9,12,15,37H,7-8,10-11,13H2,1-2H3,(H,33,34,35). The molecule has 204 valence electrons. The highest BCUT2D eigenvalue weighted by Crippen LogP contribution is 2.37. The lowest BCUT2D eigenvalue weighted by molar-refractivity contribution is -0.138. The zero-order chi connectivity index (χ0) is 27.7. The van der Waals surface area contributed by atoms with Gasteiger partial charge in [0, 0.05) is 42.7 Å². The van der Waals surface area contributed by atoms with Crippen LogP contribution < -0.4 is 10.2 Å². The van der Waals surface area contributed by atoms with Crippen LogP contribution in [0.4, 0.5) is 43.7 Å². The van der Waals surface area contributed by atoms with Gasteiger partial charge in [0.1, 0.15) is 11.6 Å². The summed E-state index contributed by atoms with van der Waals surface area (Å²) in [5.41, 5.74) is 0.440. The second-order valence-corrected chi connectivity index (χ2v) is 9.94. The number of aryl methyl sites for hydroxylation is 1. The number of hydrogen-bond acceptors (Lipinski definition) is 7. The van der Waals surface area contributed by atoms with Crippen molar-refractivity contribution in [3.8, 4) is 0 Å². The van der Waals surface area contributed by atoms with E-state index < -0.39 is 29.6 Å². The monoisotopic (exact) mass is 557 g/mol. The van der Waals surface area contributed by atoms with Gasteiger partial charge in [0.15, 0.2) is 5.16 Å². The molecule has 4 rings (SSSR count). The number of rotatable bonds is 6. The van der Waals surface area contributed by atoms with Crippen molar-refractivity contribution in [2.45, 2.75) is 50.3 Å². The highest BCUT2D eigenvalue weighted by molar-refractivity contribution is 7.99. The van der Waals surface area contributed by atoms with Crippen LogP contribution in [0.25, 0.3) is 0 Å². The highest BCUT2D eigenvalue weighted by atomic mass is 32.2. The minimum atomic E-state index is -4.57. The van der Waals surface area contributed by atoms with Crippen molar-refractivity contribution in [2.75, 3.05) is 29.1 Å². The fourth-order valence-corrected chi connectivity index (χ4v) is 4.85. The molecule has 0 saturated carbocycles. The molecule has 0 saturated heterocycles. The molecule has 13 heteroatoms. The number of aromatic nitrogens is 3. The fraction of sp³-hybridized carbons (Fsp3) is 0.400. The maximum absolute atomic E-state index is 13.6. The van der Waals surface area contributed by atoms with Crippen molar-refractivity contribution >= 4 is 29.1 Å². The highest BCUT2D eigenvalue weighted by Gasteiger charge is 2.36. The van der Waals surface area contributed by atoms with E-state index in [2.05, 4.69) is 20.3 Å². The third-order valence-electron chi connectivity index (χ3n) is 5.97. The molecular weight excluding hydrogens is 532 g/mol.